The molecule has 1 fully saturated rings. The molecule has 244 valence electrons. The van der Waals surface area contributed by atoms with Gasteiger partial charge in [-0.15, -0.1) is 6.42 Å². The zero-order valence-corrected chi connectivity index (χ0v) is 27.5. The lowest BCUT2D eigenvalue weighted by Crippen LogP contribution is -2.54. The Morgan fingerprint density at radius 3 is 1.40 bits per heavy atom. The van der Waals surface area contributed by atoms with E-state index in [2.05, 4.69) is 5.92 Å². The fraction of sp³-hybridized carbons (Fsp3) is 0.143. The average molecular weight is 728 g/mol. The molecule has 0 aromatic heterocycles. The SMILES string of the molecule is C#C[C@]1(OC(=O)c2ccc(Cl)cc2)[C@@H](COC(=O)c2ccc(Cl)cc2)OC(OC(=O)c2ccc(Cl)cc2)[C@@H]1OC(=O)c1ccc(Cl)cc1. The third-order valence-corrected chi connectivity index (χ3v) is 8.08. The number of terminal acetylenes is 1. The molecule has 1 heterocycles. The molecular formula is C35H22Cl4O9. The Balaban J connectivity index is 1.53. The van der Waals surface area contributed by atoms with Crippen LogP contribution in [0.5, 0.6) is 0 Å². The Labute approximate surface area is 294 Å². The third-order valence-electron chi connectivity index (χ3n) is 7.08. The van der Waals surface area contributed by atoms with E-state index in [-0.39, 0.29) is 22.3 Å². The molecule has 1 aliphatic heterocycles. The van der Waals surface area contributed by atoms with Crippen LogP contribution in [0.25, 0.3) is 0 Å². The first-order chi connectivity index (χ1) is 23.0. The molecular weight excluding hydrogens is 706 g/mol. The highest BCUT2D eigenvalue weighted by atomic mass is 35.5. The smallest absolute Gasteiger partial charge is 0.340 e. The molecule has 4 aromatic rings. The fourth-order valence-corrected chi connectivity index (χ4v) is 5.10. The summed E-state index contributed by atoms with van der Waals surface area (Å²) >= 11 is 23.9. The monoisotopic (exact) mass is 726 g/mol. The van der Waals surface area contributed by atoms with Crippen LogP contribution in [-0.2, 0) is 23.7 Å². The number of halogens is 4. The van der Waals surface area contributed by atoms with Crippen molar-refractivity contribution in [2.75, 3.05) is 6.61 Å². The quantitative estimate of drug-likeness (QED) is 0.0983. The van der Waals surface area contributed by atoms with Crippen molar-refractivity contribution >= 4 is 70.3 Å². The zero-order valence-electron chi connectivity index (χ0n) is 24.4. The first-order valence-corrected chi connectivity index (χ1v) is 15.5. The highest BCUT2D eigenvalue weighted by Gasteiger charge is 2.63. The van der Waals surface area contributed by atoms with Gasteiger partial charge in [0.1, 0.15) is 6.61 Å². The number of hydrogen-bond acceptors (Lipinski definition) is 9. The Morgan fingerprint density at radius 1 is 0.604 bits per heavy atom. The van der Waals surface area contributed by atoms with Crippen LogP contribution >= 0.6 is 46.4 Å². The van der Waals surface area contributed by atoms with Crippen LogP contribution in [0.15, 0.2) is 97.1 Å². The van der Waals surface area contributed by atoms with Gasteiger partial charge in [-0.25, -0.2) is 19.2 Å². The summed E-state index contributed by atoms with van der Waals surface area (Å²) in [5, 5.41) is 1.45. The molecule has 1 saturated heterocycles. The van der Waals surface area contributed by atoms with Crippen molar-refractivity contribution < 1.29 is 42.9 Å². The Hall–Kier alpha value is -4.56. The number of hydrogen-bond donors (Lipinski definition) is 0. The zero-order chi connectivity index (χ0) is 34.4. The summed E-state index contributed by atoms with van der Waals surface area (Å²) in [6.07, 6.45) is 0.969. The molecule has 0 aliphatic carbocycles. The van der Waals surface area contributed by atoms with Crippen LogP contribution < -0.4 is 0 Å². The lowest BCUT2D eigenvalue weighted by atomic mass is 9.92. The van der Waals surface area contributed by atoms with E-state index in [1.54, 1.807) is 0 Å². The molecule has 0 bridgehead atoms. The van der Waals surface area contributed by atoms with Gasteiger partial charge >= 0.3 is 23.9 Å². The second kappa shape index (κ2) is 15.1. The van der Waals surface area contributed by atoms with E-state index in [9.17, 15) is 19.2 Å². The summed E-state index contributed by atoms with van der Waals surface area (Å²) in [5.74, 6) is -1.28. The largest absolute Gasteiger partial charge is 0.459 e. The van der Waals surface area contributed by atoms with E-state index in [1.165, 1.54) is 97.1 Å². The van der Waals surface area contributed by atoms with Gasteiger partial charge < -0.3 is 23.7 Å². The van der Waals surface area contributed by atoms with E-state index in [1.807, 2.05) is 0 Å². The molecule has 0 N–H and O–H groups in total. The van der Waals surface area contributed by atoms with Gasteiger partial charge in [0.2, 0.25) is 18.0 Å². The fourth-order valence-electron chi connectivity index (χ4n) is 4.59. The van der Waals surface area contributed by atoms with E-state index in [4.69, 9.17) is 76.5 Å². The maximum absolute atomic E-state index is 13.5. The number of benzene rings is 4. The number of carbonyl (C=O) groups excluding carboxylic acids is 4. The van der Waals surface area contributed by atoms with Gasteiger partial charge in [-0.3, -0.25) is 0 Å². The Morgan fingerprint density at radius 2 is 0.979 bits per heavy atom. The number of rotatable bonds is 9. The van der Waals surface area contributed by atoms with Crippen LogP contribution in [0.3, 0.4) is 0 Å². The maximum atomic E-state index is 13.5. The molecule has 5 rings (SSSR count). The summed E-state index contributed by atoms with van der Waals surface area (Å²) in [5.41, 5.74) is -2.06. The summed E-state index contributed by atoms with van der Waals surface area (Å²) in [6.45, 7) is -0.635. The van der Waals surface area contributed by atoms with Crippen molar-refractivity contribution in [3.8, 4) is 12.3 Å². The summed E-state index contributed by atoms with van der Waals surface area (Å²) < 4.78 is 28.8. The molecule has 0 radical (unpaired) electrons. The minimum Gasteiger partial charge on any atom is -0.459 e. The average Bonchev–Trinajstić information content (AvgIpc) is 3.35. The highest BCUT2D eigenvalue weighted by Crippen LogP contribution is 2.39. The lowest BCUT2D eigenvalue weighted by Gasteiger charge is -2.32. The van der Waals surface area contributed by atoms with Crippen molar-refractivity contribution in [2.45, 2.75) is 24.1 Å². The molecule has 0 amide bonds. The topological polar surface area (TPSA) is 114 Å². The maximum Gasteiger partial charge on any atom is 0.340 e. The summed E-state index contributed by atoms with van der Waals surface area (Å²) in [4.78, 5) is 53.1. The minimum atomic E-state index is -2.32. The molecule has 1 aliphatic rings. The molecule has 48 heavy (non-hydrogen) atoms. The summed E-state index contributed by atoms with van der Waals surface area (Å²) in [6, 6.07) is 22.9. The van der Waals surface area contributed by atoms with E-state index in [0.29, 0.717) is 20.1 Å². The molecule has 4 atom stereocenters. The van der Waals surface area contributed by atoms with Gasteiger partial charge in [0.15, 0.2) is 6.10 Å². The second-order valence-corrected chi connectivity index (χ2v) is 11.9. The highest BCUT2D eigenvalue weighted by molar-refractivity contribution is 6.31. The normalized spacial score (nSPS) is 19.9. The van der Waals surface area contributed by atoms with Crippen molar-refractivity contribution in [2.24, 2.45) is 0 Å². The minimum absolute atomic E-state index is 0.0234. The van der Waals surface area contributed by atoms with Crippen LogP contribution in [-0.4, -0.2) is 54.6 Å². The number of esters is 4. The van der Waals surface area contributed by atoms with Crippen LogP contribution in [0.2, 0.25) is 20.1 Å². The number of ether oxygens (including phenoxy) is 5. The molecule has 0 saturated carbocycles. The standard InChI is InChI=1S/C35H22Cl4O9/c1-2-35(48-33(43)23-9-17-27(39)18-10-23)28(19-44-30(40)20-3-11-24(36)12-4-20)45-34(47-32(42)22-7-15-26(38)16-8-22)29(35)46-31(41)21-5-13-25(37)14-6-21/h1,3-18,28-29,34H,19H2/t28-,29+,34?,35+/m1/s1. The lowest BCUT2D eigenvalue weighted by molar-refractivity contribution is -0.141. The Kier molecular flexibility index (Phi) is 10.9. The first kappa shape index (κ1) is 34.8. The van der Waals surface area contributed by atoms with E-state index < -0.39 is 54.6 Å². The second-order valence-electron chi connectivity index (χ2n) is 10.2. The van der Waals surface area contributed by atoms with Crippen LogP contribution in [0.4, 0.5) is 0 Å². The molecule has 13 heteroatoms. The van der Waals surface area contributed by atoms with Crippen molar-refractivity contribution in [1.82, 2.24) is 0 Å². The van der Waals surface area contributed by atoms with Crippen LogP contribution in [0.1, 0.15) is 41.4 Å². The van der Waals surface area contributed by atoms with Crippen LogP contribution in [0, 0.1) is 12.3 Å². The van der Waals surface area contributed by atoms with Crippen molar-refractivity contribution in [3.05, 3.63) is 139 Å². The van der Waals surface area contributed by atoms with Gasteiger partial charge in [0, 0.05) is 20.1 Å². The molecule has 9 nitrogen and oxygen atoms in total. The van der Waals surface area contributed by atoms with Crippen molar-refractivity contribution in [3.63, 3.8) is 0 Å². The first-order valence-electron chi connectivity index (χ1n) is 14.0. The molecule has 4 aromatic carbocycles. The number of carbonyl (C=O) groups is 4. The van der Waals surface area contributed by atoms with Gasteiger partial charge in [0.05, 0.1) is 22.3 Å². The van der Waals surface area contributed by atoms with Gasteiger partial charge in [-0.05, 0) is 97.1 Å². The summed E-state index contributed by atoms with van der Waals surface area (Å²) in [7, 11) is 0. The molecule has 0 spiro atoms. The van der Waals surface area contributed by atoms with Gasteiger partial charge in [-0.2, -0.15) is 0 Å². The van der Waals surface area contributed by atoms with Crippen molar-refractivity contribution in [1.29, 1.82) is 0 Å². The van der Waals surface area contributed by atoms with E-state index in [0.717, 1.165) is 0 Å². The molecule has 1 unspecified atom stereocenters. The third kappa shape index (κ3) is 7.93. The van der Waals surface area contributed by atoms with Gasteiger partial charge in [-0.1, -0.05) is 52.3 Å². The van der Waals surface area contributed by atoms with Gasteiger partial charge in [0.25, 0.3) is 0 Å². The predicted molar refractivity (Wildman–Crippen MR) is 176 cm³/mol. The van der Waals surface area contributed by atoms with E-state index >= 15 is 0 Å². The predicted octanol–water partition coefficient (Wildman–Crippen LogP) is 7.49. The Bertz CT molecular complexity index is 1850.